The van der Waals surface area contributed by atoms with Gasteiger partial charge >= 0.3 is 0 Å². The van der Waals surface area contributed by atoms with E-state index in [1.165, 1.54) is 17.5 Å². The van der Waals surface area contributed by atoms with Crippen LogP contribution in [0.1, 0.15) is 31.9 Å². The number of nitrogens with two attached hydrogens (primary N) is 1. The predicted octanol–water partition coefficient (Wildman–Crippen LogP) is 2.47. The molecule has 2 nitrogen and oxygen atoms in total. The Bertz CT molecular complexity index is 304. The Kier molecular flexibility index (Phi) is 3.28. The number of aliphatic imine (C=N–C) groups is 1. The van der Waals surface area contributed by atoms with Gasteiger partial charge in [-0.3, -0.25) is 4.99 Å². The van der Waals surface area contributed by atoms with Gasteiger partial charge in [0, 0.05) is 0 Å². The molecule has 0 bridgehead atoms. The van der Waals surface area contributed by atoms with Gasteiger partial charge in [-0.1, -0.05) is 45.0 Å². The summed E-state index contributed by atoms with van der Waals surface area (Å²) >= 11 is 0. The smallest absolute Gasteiger partial charge is 0.0801 e. The summed E-state index contributed by atoms with van der Waals surface area (Å²) < 4.78 is 0. The summed E-state index contributed by atoms with van der Waals surface area (Å²) in [5.74, 6) is 0. The molecule has 1 aromatic rings. The molecule has 2 N–H and O–H groups in total. The maximum Gasteiger partial charge on any atom is 0.0801 e. The van der Waals surface area contributed by atoms with E-state index in [0.29, 0.717) is 6.54 Å². The monoisotopic (exact) mass is 190 g/mol. The second-order valence-electron chi connectivity index (χ2n) is 4.44. The van der Waals surface area contributed by atoms with E-state index in [4.69, 9.17) is 5.73 Å². The molecule has 0 unspecified atom stereocenters. The third-order valence-corrected chi connectivity index (χ3v) is 2.20. The van der Waals surface area contributed by atoms with Crippen molar-refractivity contribution < 1.29 is 0 Å². The van der Waals surface area contributed by atoms with Crippen molar-refractivity contribution in [1.29, 1.82) is 0 Å². The third-order valence-electron chi connectivity index (χ3n) is 2.20. The molecule has 14 heavy (non-hydrogen) atoms. The van der Waals surface area contributed by atoms with E-state index in [0.717, 1.165) is 0 Å². The molecule has 0 radical (unpaired) electrons. The van der Waals surface area contributed by atoms with Gasteiger partial charge in [0.1, 0.15) is 0 Å². The first kappa shape index (κ1) is 10.8. The normalized spacial score (nSPS) is 12.2. The molecule has 2 heteroatoms. The predicted molar refractivity (Wildman–Crippen MR) is 61.5 cm³/mol. The van der Waals surface area contributed by atoms with Crippen LogP contribution < -0.4 is 5.73 Å². The average molecular weight is 190 g/mol. The summed E-state index contributed by atoms with van der Waals surface area (Å²) in [6, 6.07) is 8.52. The van der Waals surface area contributed by atoms with Gasteiger partial charge in [0.05, 0.1) is 12.9 Å². The summed E-state index contributed by atoms with van der Waals surface area (Å²) in [7, 11) is 0. The fourth-order valence-corrected chi connectivity index (χ4v) is 1.27. The van der Waals surface area contributed by atoms with Crippen molar-refractivity contribution in [3.8, 4) is 0 Å². The third kappa shape index (κ3) is 2.87. The van der Waals surface area contributed by atoms with Gasteiger partial charge in [-0.05, 0) is 16.5 Å². The Morgan fingerprint density at radius 1 is 1.21 bits per heavy atom. The number of nitrogens with zero attached hydrogens (tertiary/aromatic N) is 1. The minimum Gasteiger partial charge on any atom is -0.390 e. The largest absolute Gasteiger partial charge is 0.390 e. The van der Waals surface area contributed by atoms with Crippen LogP contribution in [0, 0.1) is 0 Å². The first-order chi connectivity index (χ1) is 6.54. The van der Waals surface area contributed by atoms with Crippen molar-refractivity contribution in [2.24, 2.45) is 10.7 Å². The number of hydrogen-bond acceptors (Lipinski definition) is 1. The Balaban J connectivity index is 2.79. The van der Waals surface area contributed by atoms with Gasteiger partial charge in [0.15, 0.2) is 0 Å². The standard InChI is InChI=1S/C12H18N2/c1-12(2,3)11-6-4-10(5-7-11)8-14-9-13/h4-7,9H,8H2,1-3H3,(H2,13,14). The van der Waals surface area contributed by atoms with Crippen molar-refractivity contribution >= 4 is 6.34 Å². The van der Waals surface area contributed by atoms with Crippen LogP contribution in [-0.4, -0.2) is 6.34 Å². The molecule has 0 amide bonds. The summed E-state index contributed by atoms with van der Waals surface area (Å²) in [4.78, 5) is 3.99. The molecule has 0 saturated carbocycles. The fraction of sp³-hybridized carbons (Fsp3) is 0.417. The molecule has 0 aliphatic carbocycles. The number of rotatable bonds is 2. The fourth-order valence-electron chi connectivity index (χ4n) is 1.27. The van der Waals surface area contributed by atoms with E-state index in [2.05, 4.69) is 50.0 Å². The molecule has 0 spiro atoms. The van der Waals surface area contributed by atoms with Gasteiger partial charge in [-0.15, -0.1) is 0 Å². The molecule has 0 aliphatic heterocycles. The van der Waals surface area contributed by atoms with Crippen molar-refractivity contribution in [3.63, 3.8) is 0 Å². The zero-order valence-electron chi connectivity index (χ0n) is 9.12. The van der Waals surface area contributed by atoms with Crippen molar-refractivity contribution in [2.45, 2.75) is 32.7 Å². The van der Waals surface area contributed by atoms with E-state index in [9.17, 15) is 0 Å². The lowest BCUT2D eigenvalue weighted by Gasteiger charge is -2.18. The molecule has 0 aromatic heterocycles. The van der Waals surface area contributed by atoms with E-state index >= 15 is 0 Å². The van der Waals surface area contributed by atoms with E-state index < -0.39 is 0 Å². The summed E-state index contributed by atoms with van der Waals surface area (Å²) in [6.45, 7) is 7.29. The summed E-state index contributed by atoms with van der Waals surface area (Å²) in [6.07, 6.45) is 1.34. The average Bonchev–Trinajstić information content (AvgIpc) is 2.14. The highest BCUT2D eigenvalue weighted by Crippen LogP contribution is 2.22. The highest BCUT2D eigenvalue weighted by atomic mass is 14.8. The molecule has 0 atom stereocenters. The number of hydrogen-bond donors (Lipinski definition) is 1. The summed E-state index contributed by atoms with van der Waals surface area (Å²) in [5, 5.41) is 0. The molecule has 1 rings (SSSR count). The molecule has 0 saturated heterocycles. The Morgan fingerprint density at radius 2 is 1.79 bits per heavy atom. The van der Waals surface area contributed by atoms with Crippen LogP contribution in [0.4, 0.5) is 0 Å². The molecule has 0 fully saturated rings. The SMILES string of the molecule is CC(C)(C)c1ccc(CN=CN)cc1. The molecular formula is C12H18N2. The maximum atomic E-state index is 5.18. The van der Waals surface area contributed by atoms with Gasteiger partial charge < -0.3 is 5.73 Å². The van der Waals surface area contributed by atoms with Gasteiger partial charge in [0.25, 0.3) is 0 Å². The Hall–Kier alpha value is -1.31. The quantitative estimate of drug-likeness (QED) is 0.564. The van der Waals surface area contributed by atoms with Crippen molar-refractivity contribution in [3.05, 3.63) is 35.4 Å². The highest BCUT2D eigenvalue weighted by Gasteiger charge is 2.12. The zero-order valence-corrected chi connectivity index (χ0v) is 9.12. The second kappa shape index (κ2) is 4.27. The lowest BCUT2D eigenvalue weighted by Crippen LogP contribution is -2.10. The minimum absolute atomic E-state index is 0.218. The molecule has 0 heterocycles. The van der Waals surface area contributed by atoms with Gasteiger partial charge in [-0.2, -0.15) is 0 Å². The van der Waals surface area contributed by atoms with E-state index in [-0.39, 0.29) is 5.41 Å². The molecule has 0 aliphatic rings. The van der Waals surface area contributed by atoms with E-state index in [1.807, 2.05) is 0 Å². The van der Waals surface area contributed by atoms with Crippen LogP contribution >= 0.6 is 0 Å². The Morgan fingerprint density at radius 3 is 2.21 bits per heavy atom. The van der Waals surface area contributed by atoms with Crippen molar-refractivity contribution in [1.82, 2.24) is 0 Å². The minimum atomic E-state index is 0.218. The maximum absolute atomic E-state index is 5.18. The van der Waals surface area contributed by atoms with Crippen LogP contribution in [0.3, 0.4) is 0 Å². The molecule has 1 aromatic carbocycles. The topological polar surface area (TPSA) is 38.4 Å². The number of benzene rings is 1. The van der Waals surface area contributed by atoms with Crippen LogP contribution in [0.25, 0.3) is 0 Å². The Labute approximate surface area is 85.9 Å². The highest BCUT2D eigenvalue weighted by molar-refractivity contribution is 5.51. The lowest BCUT2D eigenvalue weighted by atomic mass is 9.87. The first-order valence-corrected chi connectivity index (χ1v) is 4.83. The zero-order chi connectivity index (χ0) is 10.6. The van der Waals surface area contributed by atoms with Crippen LogP contribution in [0.2, 0.25) is 0 Å². The van der Waals surface area contributed by atoms with Crippen molar-refractivity contribution in [2.75, 3.05) is 0 Å². The van der Waals surface area contributed by atoms with Crippen LogP contribution in [-0.2, 0) is 12.0 Å². The molecular weight excluding hydrogens is 172 g/mol. The van der Waals surface area contributed by atoms with Gasteiger partial charge in [0.2, 0.25) is 0 Å². The van der Waals surface area contributed by atoms with Crippen LogP contribution in [0.5, 0.6) is 0 Å². The second-order valence-corrected chi connectivity index (χ2v) is 4.44. The van der Waals surface area contributed by atoms with Gasteiger partial charge in [-0.25, -0.2) is 0 Å². The van der Waals surface area contributed by atoms with E-state index in [1.54, 1.807) is 0 Å². The van der Waals surface area contributed by atoms with Crippen LogP contribution in [0.15, 0.2) is 29.3 Å². The molecule has 76 valence electrons. The lowest BCUT2D eigenvalue weighted by molar-refractivity contribution is 0.590. The first-order valence-electron chi connectivity index (χ1n) is 4.83. The summed E-state index contributed by atoms with van der Waals surface area (Å²) in [5.41, 5.74) is 7.94.